The van der Waals surface area contributed by atoms with Crippen molar-refractivity contribution in [2.45, 2.75) is 13.8 Å². The van der Waals surface area contributed by atoms with Crippen LogP contribution in [0.3, 0.4) is 0 Å². The summed E-state index contributed by atoms with van der Waals surface area (Å²) in [5.41, 5.74) is 0.0527. The Morgan fingerprint density at radius 2 is 1.92 bits per heavy atom. The maximum absolute atomic E-state index is 13.1. The lowest BCUT2D eigenvalue weighted by Gasteiger charge is -2.06. The lowest BCUT2D eigenvalue weighted by Crippen LogP contribution is -1.98. The van der Waals surface area contributed by atoms with E-state index in [4.69, 9.17) is 10.2 Å². The summed E-state index contributed by atoms with van der Waals surface area (Å²) >= 11 is 0. The molecule has 0 bridgehead atoms. The van der Waals surface area contributed by atoms with Gasteiger partial charge in [0.25, 0.3) is 0 Å². The summed E-state index contributed by atoms with van der Waals surface area (Å²) in [7, 11) is 0. The van der Waals surface area contributed by atoms with Gasteiger partial charge in [-0.2, -0.15) is 0 Å². The number of halogens is 1. The first-order valence-electron chi connectivity index (χ1n) is 3.67. The Balaban J connectivity index is 3.50. The predicted octanol–water partition coefficient (Wildman–Crippen LogP) is 1.75. The average molecular weight is 184 g/mol. The Bertz CT molecular complexity index is 372. The highest BCUT2D eigenvalue weighted by molar-refractivity contribution is 5.95. The monoisotopic (exact) mass is 184 g/mol. The third-order valence-corrected chi connectivity index (χ3v) is 1.78. The zero-order valence-corrected chi connectivity index (χ0v) is 7.26. The molecule has 0 fully saturated rings. The number of phenols is 2. The smallest absolute Gasteiger partial charge is 0.195 e. The van der Waals surface area contributed by atoms with E-state index in [0.717, 1.165) is 0 Å². The third kappa shape index (κ3) is 1.47. The molecule has 0 heterocycles. The molecule has 0 atom stereocenters. The van der Waals surface area contributed by atoms with Crippen molar-refractivity contribution in [1.82, 2.24) is 0 Å². The molecular formula is C9H9FO3. The molecule has 13 heavy (non-hydrogen) atoms. The van der Waals surface area contributed by atoms with Crippen LogP contribution >= 0.6 is 0 Å². The van der Waals surface area contributed by atoms with Gasteiger partial charge in [0.05, 0.1) is 5.56 Å². The SMILES string of the molecule is CC(=O)c1cc(C)c(O)c(O)c1F. The molecule has 1 aromatic rings. The fourth-order valence-electron chi connectivity index (χ4n) is 1.02. The fourth-order valence-corrected chi connectivity index (χ4v) is 1.02. The second kappa shape index (κ2) is 3.05. The van der Waals surface area contributed by atoms with Gasteiger partial charge in [-0.25, -0.2) is 4.39 Å². The van der Waals surface area contributed by atoms with Crippen molar-refractivity contribution in [2.24, 2.45) is 0 Å². The van der Waals surface area contributed by atoms with Crippen molar-refractivity contribution < 1.29 is 19.4 Å². The quantitative estimate of drug-likeness (QED) is 0.516. The van der Waals surface area contributed by atoms with Crippen LogP contribution in [-0.4, -0.2) is 16.0 Å². The van der Waals surface area contributed by atoms with Gasteiger partial charge in [0, 0.05) is 0 Å². The molecule has 1 rings (SSSR count). The predicted molar refractivity (Wildman–Crippen MR) is 44.5 cm³/mol. The third-order valence-electron chi connectivity index (χ3n) is 1.78. The zero-order chi connectivity index (χ0) is 10.2. The first-order chi connectivity index (χ1) is 5.95. The Labute approximate surface area is 74.4 Å². The van der Waals surface area contributed by atoms with Crippen LogP contribution in [0.2, 0.25) is 0 Å². The van der Waals surface area contributed by atoms with Gasteiger partial charge in [-0.05, 0) is 25.5 Å². The number of aromatic hydroxyl groups is 2. The maximum Gasteiger partial charge on any atom is 0.195 e. The Morgan fingerprint density at radius 3 is 2.38 bits per heavy atom. The number of ketones is 1. The fraction of sp³-hybridized carbons (Fsp3) is 0.222. The van der Waals surface area contributed by atoms with E-state index in [2.05, 4.69) is 0 Å². The van der Waals surface area contributed by atoms with Crippen molar-refractivity contribution in [1.29, 1.82) is 0 Å². The highest BCUT2D eigenvalue weighted by Crippen LogP contribution is 2.33. The Morgan fingerprint density at radius 1 is 1.38 bits per heavy atom. The number of aryl methyl sites for hydroxylation is 1. The lowest BCUT2D eigenvalue weighted by atomic mass is 10.1. The van der Waals surface area contributed by atoms with Crippen LogP contribution in [0, 0.1) is 12.7 Å². The topological polar surface area (TPSA) is 57.5 Å². The zero-order valence-electron chi connectivity index (χ0n) is 7.26. The molecule has 0 aliphatic carbocycles. The highest BCUT2D eigenvalue weighted by Gasteiger charge is 2.17. The lowest BCUT2D eigenvalue weighted by molar-refractivity contribution is 0.101. The molecule has 0 saturated carbocycles. The number of Topliss-reactive ketones (excluding diaryl/α,β-unsaturated/α-hetero) is 1. The molecule has 4 heteroatoms. The van der Waals surface area contributed by atoms with Crippen LogP contribution < -0.4 is 0 Å². The number of hydrogen-bond donors (Lipinski definition) is 2. The van der Waals surface area contributed by atoms with Gasteiger partial charge in [0.2, 0.25) is 0 Å². The Hall–Kier alpha value is -1.58. The van der Waals surface area contributed by atoms with Crippen molar-refractivity contribution in [2.75, 3.05) is 0 Å². The van der Waals surface area contributed by atoms with E-state index in [1.165, 1.54) is 19.9 Å². The minimum absolute atomic E-state index is 0.215. The molecule has 0 aromatic heterocycles. The number of rotatable bonds is 1. The van der Waals surface area contributed by atoms with Crippen LogP contribution in [-0.2, 0) is 0 Å². The molecule has 1 aromatic carbocycles. The van der Waals surface area contributed by atoms with Crippen LogP contribution in [0.1, 0.15) is 22.8 Å². The molecule has 70 valence electrons. The average Bonchev–Trinajstić information content (AvgIpc) is 2.07. The minimum Gasteiger partial charge on any atom is -0.504 e. The van der Waals surface area contributed by atoms with Gasteiger partial charge in [-0.3, -0.25) is 4.79 Å². The van der Waals surface area contributed by atoms with Gasteiger partial charge in [0.1, 0.15) is 0 Å². The molecule has 0 amide bonds. The first kappa shape index (κ1) is 9.51. The molecule has 0 unspecified atom stereocenters. The van der Waals surface area contributed by atoms with E-state index in [1.54, 1.807) is 0 Å². The van der Waals surface area contributed by atoms with Crippen molar-refractivity contribution in [3.8, 4) is 11.5 Å². The number of carbonyl (C=O) groups is 1. The summed E-state index contributed by atoms with van der Waals surface area (Å²) in [6, 6.07) is 1.20. The summed E-state index contributed by atoms with van der Waals surface area (Å²) < 4.78 is 13.1. The van der Waals surface area contributed by atoms with Gasteiger partial charge in [0.15, 0.2) is 23.1 Å². The number of benzene rings is 1. The van der Waals surface area contributed by atoms with Gasteiger partial charge in [-0.15, -0.1) is 0 Å². The molecule has 0 radical (unpaired) electrons. The van der Waals surface area contributed by atoms with E-state index in [9.17, 15) is 9.18 Å². The van der Waals surface area contributed by atoms with E-state index < -0.39 is 23.1 Å². The standard InChI is InChI=1S/C9H9FO3/c1-4-3-6(5(2)11)7(10)9(13)8(4)12/h3,12-13H,1-2H3. The van der Waals surface area contributed by atoms with Crippen LogP contribution in [0.5, 0.6) is 11.5 Å². The molecule has 2 N–H and O–H groups in total. The van der Waals surface area contributed by atoms with Gasteiger partial charge < -0.3 is 10.2 Å². The van der Waals surface area contributed by atoms with Crippen LogP contribution in [0.25, 0.3) is 0 Å². The second-order valence-electron chi connectivity index (χ2n) is 2.81. The minimum atomic E-state index is -1.07. The maximum atomic E-state index is 13.1. The molecule has 0 aliphatic rings. The molecule has 3 nitrogen and oxygen atoms in total. The second-order valence-corrected chi connectivity index (χ2v) is 2.81. The highest BCUT2D eigenvalue weighted by atomic mass is 19.1. The summed E-state index contributed by atoms with van der Waals surface area (Å²) in [6.07, 6.45) is 0. The van der Waals surface area contributed by atoms with Crippen LogP contribution in [0.15, 0.2) is 6.07 Å². The molecular weight excluding hydrogens is 175 g/mol. The summed E-state index contributed by atoms with van der Waals surface area (Å²) in [5, 5.41) is 18.1. The first-order valence-corrected chi connectivity index (χ1v) is 3.67. The van der Waals surface area contributed by atoms with Crippen LogP contribution in [0.4, 0.5) is 4.39 Å². The Kier molecular flexibility index (Phi) is 2.23. The van der Waals surface area contributed by atoms with E-state index >= 15 is 0 Å². The van der Waals surface area contributed by atoms with E-state index in [-0.39, 0.29) is 11.1 Å². The van der Waals surface area contributed by atoms with Crippen molar-refractivity contribution in [3.05, 3.63) is 23.0 Å². The van der Waals surface area contributed by atoms with Gasteiger partial charge in [-0.1, -0.05) is 0 Å². The summed E-state index contributed by atoms with van der Waals surface area (Å²) in [6.45, 7) is 2.66. The van der Waals surface area contributed by atoms with E-state index in [0.29, 0.717) is 0 Å². The number of carbonyl (C=O) groups excluding carboxylic acids is 1. The summed E-state index contributed by atoms with van der Waals surface area (Å²) in [5.74, 6) is -2.96. The van der Waals surface area contributed by atoms with Crippen molar-refractivity contribution in [3.63, 3.8) is 0 Å². The molecule has 0 saturated heterocycles. The van der Waals surface area contributed by atoms with Gasteiger partial charge >= 0.3 is 0 Å². The normalized spacial score (nSPS) is 10.1. The summed E-state index contributed by atoms with van der Waals surface area (Å²) in [4.78, 5) is 10.8. The molecule has 0 spiro atoms. The molecule has 0 aliphatic heterocycles. The number of phenolic OH excluding ortho intramolecular Hbond substituents is 2. The number of hydrogen-bond acceptors (Lipinski definition) is 3. The largest absolute Gasteiger partial charge is 0.504 e. The van der Waals surface area contributed by atoms with Crippen molar-refractivity contribution >= 4 is 5.78 Å². The van der Waals surface area contributed by atoms with E-state index in [1.807, 2.05) is 0 Å².